The highest BCUT2D eigenvalue weighted by Crippen LogP contribution is 2.18. The Kier molecular flexibility index (Phi) is 8.90. The van der Waals surface area contributed by atoms with E-state index in [9.17, 15) is 9.59 Å². The number of hydrogen-bond acceptors (Lipinski definition) is 3. The number of halogens is 1. The van der Waals surface area contributed by atoms with E-state index in [1.165, 1.54) is 5.56 Å². The highest BCUT2D eigenvalue weighted by Gasteiger charge is 2.27. The lowest BCUT2D eigenvalue weighted by molar-refractivity contribution is -0.142. The smallest absolute Gasteiger partial charge is 0.261 e. The van der Waals surface area contributed by atoms with Gasteiger partial charge in [0, 0.05) is 17.1 Å². The molecule has 2 rings (SSSR count). The second kappa shape index (κ2) is 11.2. The monoisotopic (exact) mass is 474 g/mol. The van der Waals surface area contributed by atoms with E-state index in [0.29, 0.717) is 12.3 Å². The van der Waals surface area contributed by atoms with Crippen molar-refractivity contribution >= 4 is 27.7 Å². The lowest BCUT2D eigenvalue weighted by Gasteiger charge is -2.29. The largest absolute Gasteiger partial charge is 0.484 e. The lowest BCUT2D eigenvalue weighted by atomic mass is 10.1. The summed E-state index contributed by atoms with van der Waals surface area (Å²) >= 11 is 3.46. The van der Waals surface area contributed by atoms with Crippen molar-refractivity contribution in [3.05, 3.63) is 63.6 Å². The SMILES string of the molecule is CC[C@H](C)NC(=O)[C@H](C)N(Cc1cccc(Br)c1)C(=O)COc1ccc(C)c(C)c1. The average Bonchev–Trinajstić information content (AvgIpc) is 2.72. The Hall–Kier alpha value is -2.34. The van der Waals surface area contributed by atoms with E-state index >= 15 is 0 Å². The summed E-state index contributed by atoms with van der Waals surface area (Å²) in [5.74, 6) is 0.240. The van der Waals surface area contributed by atoms with E-state index in [-0.39, 0.29) is 24.5 Å². The van der Waals surface area contributed by atoms with Crippen LogP contribution in [0.2, 0.25) is 0 Å². The van der Waals surface area contributed by atoms with E-state index in [0.717, 1.165) is 22.0 Å². The fraction of sp³-hybridized carbons (Fsp3) is 0.417. The summed E-state index contributed by atoms with van der Waals surface area (Å²) in [4.78, 5) is 27.4. The number of nitrogens with zero attached hydrogens (tertiary/aromatic N) is 1. The number of ether oxygens (including phenoxy) is 1. The maximum Gasteiger partial charge on any atom is 0.261 e. The molecule has 0 aliphatic heterocycles. The van der Waals surface area contributed by atoms with Crippen molar-refractivity contribution in [2.45, 2.75) is 59.7 Å². The Morgan fingerprint density at radius 3 is 2.47 bits per heavy atom. The molecule has 2 aromatic carbocycles. The zero-order valence-corrected chi connectivity index (χ0v) is 20.0. The number of benzene rings is 2. The molecule has 0 aromatic heterocycles. The van der Waals surface area contributed by atoms with Crippen LogP contribution in [0, 0.1) is 13.8 Å². The Morgan fingerprint density at radius 1 is 1.10 bits per heavy atom. The predicted molar refractivity (Wildman–Crippen MR) is 123 cm³/mol. The molecule has 2 aromatic rings. The van der Waals surface area contributed by atoms with Crippen LogP contribution in [0.1, 0.15) is 43.9 Å². The Labute approximate surface area is 187 Å². The first-order valence-electron chi connectivity index (χ1n) is 10.3. The minimum Gasteiger partial charge on any atom is -0.484 e. The van der Waals surface area contributed by atoms with Crippen LogP contribution in [0.25, 0.3) is 0 Å². The van der Waals surface area contributed by atoms with Crippen LogP contribution >= 0.6 is 15.9 Å². The van der Waals surface area contributed by atoms with Gasteiger partial charge < -0.3 is 15.0 Å². The first-order chi connectivity index (χ1) is 14.2. The van der Waals surface area contributed by atoms with Gasteiger partial charge in [-0.25, -0.2) is 0 Å². The Morgan fingerprint density at radius 2 is 1.83 bits per heavy atom. The molecule has 5 nitrogen and oxygen atoms in total. The van der Waals surface area contributed by atoms with Gasteiger partial charge in [-0.05, 0) is 75.1 Å². The minimum atomic E-state index is -0.617. The van der Waals surface area contributed by atoms with Gasteiger partial charge in [-0.2, -0.15) is 0 Å². The van der Waals surface area contributed by atoms with Crippen LogP contribution in [-0.2, 0) is 16.1 Å². The van der Waals surface area contributed by atoms with Crippen LogP contribution in [0.15, 0.2) is 46.9 Å². The van der Waals surface area contributed by atoms with Crippen molar-refractivity contribution in [3.8, 4) is 5.75 Å². The van der Waals surface area contributed by atoms with Gasteiger partial charge in [0.2, 0.25) is 5.91 Å². The van der Waals surface area contributed by atoms with Gasteiger partial charge in [0.15, 0.2) is 6.61 Å². The van der Waals surface area contributed by atoms with E-state index in [2.05, 4.69) is 21.2 Å². The summed E-state index contributed by atoms with van der Waals surface area (Å²) in [7, 11) is 0. The molecule has 1 N–H and O–H groups in total. The van der Waals surface area contributed by atoms with Crippen LogP contribution in [0.5, 0.6) is 5.75 Å². The molecule has 0 bridgehead atoms. The average molecular weight is 475 g/mol. The molecule has 0 heterocycles. The normalized spacial score (nSPS) is 12.7. The van der Waals surface area contributed by atoms with Crippen molar-refractivity contribution in [2.75, 3.05) is 6.61 Å². The van der Waals surface area contributed by atoms with Crippen molar-refractivity contribution in [2.24, 2.45) is 0 Å². The Balaban J connectivity index is 2.16. The molecule has 2 atom stereocenters. The zero-order valence-electron chi connectivity index (χ0n) is 18.4. The fourth-order valence-electron chi connectivity index (χ4n) is 2.91. The quantitative estimate of drug-likeness (QED) is 0.568. The second-order valence-electron chi connectivity index (χ2n) is 7.68. The number of nitrogens with one attached hydrogen (secondary N) is 1. The number of hydrogen-bond donors (Lipinski definition) is 1. The van der Waals surface area contributed by atoms with Gasteiger partial charge in [-0.3, -0.25) is 9.59 Å². The molecule has 0 aliphatic carbocycles. The third kappa shape index (κ3) is 6.87. The van der Waals surface area contributed by atoms with Crippen LogP contribution in [0.4, 0.5) is 0 Å². The van der Waals surface area contributed by atoms with Gasteiger partial charge in [-0.1, -0.05) is 41.1 Å². The molecule has 0 unspecified atom stereocenters. The molecular weight excluding hydrogens is 444 g/mol. The van der Waals surface area contributed by atoms with E-state index in [1.54, 1.807) is 11.8 Å². The minimum absolute atomic E-state index is 0.0505. The van der Waals surface area contributed by atoms with Gasteiger partial charge >= 0.3 is 0 Å². The van der Waals surface area contributed by atoms with E-state index < -0.39 is 6.04 Å². The second-order valence-corrected chi connectivity index (χ2v) is 8.60. The molecule has 0 spiro atoms. The summed E-state index contributed by atoms with van der Waals surface area (Å²) in [6.45, 7) is 9.95. The number of carbonyl (C=O) groups is 2. The van der Waals surface area contributed by atoms with Crippen LogP contribution in [-0.4, -0.2) is 35.4 Å². The van der Waals surface area contributed by atoms with Crippen LogP contribution in [0.3, 0.4) is 0 Å². The third-order valence-corrected chi connectivity index (χ3v) is 5.74. The van der Waals surface area contributed by atoms with Crippen molar-refractivity contribution < 1.29 is 14.3 Å². The summed E-state index contributed by atoms with van der Waals surface area (Å²) < 4.78 is 6.67. The maximum absolute atomic E-state index is 13.1. The molecule has 162 valence electrons. The number of amides is 2. The molecule has 0 saturated carbocycles. The first-order valence-corrected chi connectivity index (χ1v) is 11.0. The van der Waals surface area contributed by atoms with E-state index in [1.807, 2.05) is 70.2 Å². The standard InChI is InChI=1S/C24H31BrN2O3/c1-6-18(4)26-24(29)19(5)27(14-20-8-7-9-21(25)13-20)23(28)15-30-22-11-10-16(2)17(3)12-22/h7-13,18-19H,6,14-15H2,1-5H3,(H,26,29)/t18-,19-/m0/s1. The summed E-state index contributed by atoms with van der Waals surface area (Å²) in [5.41, 5.74) is 3.21. The molecule has 30 heavy (non-hydrogen) atoms. The van der Waals surface area contributed by atoms with Crippen molar-refractivity contribution in [1.82, 2.24) is 10.2 Å². The molecule has 0 aliphatic rings. The lowest BCUT2D eigenvalue weighted by Crippen LogP contribution is -2.50. The topological polar surface area (TPSA) is 58.6 Å². The molecule has 0 fully saturated rings. The van der Waals surface area contributed by atoms with Crippen LogP contribution < -0.4 is 10.1 Å². The predicted octanol–water partition coefficient (Wildman–Crippen LogP) is 4.78. The highest BCUT2D eigenvalue weighted by atomic mass is 79.9. The molecule has 6 heteroatoms. The number of aryl methyl sites for hydroxylation is 2. The van der Waals surface area contributed by atoms with E-state index in [4.69, 9.17) is 4.74 Å². The van der Waals surface area contributed by atoms with Gasteiger partial charge in [0.25, 0.3) is 5.91 Å². The first kappa shape index (κ1) is 23.9. The summed E-state index contributed by atoms with van der Waals surface area (Å²) in [6, 6.07) is 12.9. The molecule has 0 saturated heterocycles. The summed E-state index contributed by atoms with van der Waals surface area (Å²) in [6.07, 6.45) is 0.827. The number of rotatable bonds is 9. The highest BCUT2D eigenvalue weighted by molar-refractivity contribution is 9.10. The summed E-state index contributed by atoms with van der Waals surface area (Å²) in [5, 5.41) is 2.97. The molecule has 0 radical (unpaired) electrons. The molecule has 2 amide bonds. The maximum atomic E-state index is 13.1. The van der Waals surface area contributed by atoms with Gasteiger partial charge in [0.1, 0.15) is 11.8 Å². The Bertz CT molecular complexity index is 885. The number of carbonyl (C=O) groups excluding carboxylic acids is 2. The van der Waals surface area contributed by atoms with Crippen molar-refractivity contribution in [3.63, 3.8) is 0 Å². The third-order valence-electron chi connectivity index (χ3n) is 5.25. The van der Waals surface area contributed by atoms with Gasteiger partial charge in [-0.15, -0.1) is 0 Å². The van der Waals surface area contributed by atoms with Gasteiger partial charge in [0.05, 0.1) is 0 Å². The fourth-order valence-corrected chi connectivity index (χ4v) is 3.36. The molecular formula is C24H31BrN2O3. The zero-order chi connectivity index (χ0) is 22.3. The van der Waals surface area contributed by atoms with Crippen molar-refractivity contribution in [1.29, 1.82) is 0 Å².